The molecule has 0 aliphatic carbocycles. The molecule has 0 aromatic heterocycles. The molecule has 1 aromatic carbocycles. The number of hydrogen-bond donors (Lipinski definition) is 2. The highest BCUT2D eigenvalue weighted by Gasteiger charge is 2.22. The summed E-state index contributed by atoms with van der Waals surface area (Å²) in [4.78, 5) is 12.9. The van der Waals surface area contributed by atoms with Gasteiger partial charge in [0.15, 0.2) is 0 Å². The van der Waals surface area contributed by atoms with Crippen LogP contribution >= 0.6 is 0 Å². The number of carbonyl (C=O) groups is 1. The molecular weight excluding hydrogens is 312 g/mol. The summed E-state index contributed by atoms with van der Waals surface area (Å²) in [5, 5.41) is 11.8. The van der Waals surface area contributed by atoms with Crippen LogP contribution in [-0.2, 0) is 9.47 Å². The van der Waals surface area contributed by atoms with Crippen LogP contribution in [0, 0.1) is 0 Å². The number of nitrogens with zero attached hydrogens (tertiary/aromatic N) is 1. The van der Waals surface area contributed by atoms with E-state index >= 15 is 0 Å². The summed E-state index contributed by atoms with van der Waals surface area (Å²) in [6.45, 7) is 8.87. The number of carboxylic acid groups (broad SMARTS) is 1. The van der Waals surface area contributed by atoms with Crippen molar-refractivity contribution in [3.05, 3.63) is 24.3 Å². The van der Waals surface area contributed by atoms with E-state index in [0.717, 1.165) is 44.3 Å². The average Bonchev–Trinajstić information content (AvgIpc) is 2.54. The number of rotatable bonds is 8. The van der Waals surface area contributed by atoms with Crippen LogP contribution in [-0.4, -0.2) is 67.8 Å². The summed E-state index contributed by atoms with van der Waals surface area (Å²) >= 11 is 0. The van der Waals surface area contributed by atoms with Crippen LogP contribution in [0.1, 0.15) is 13.8 Å². The summed E-state index contributed by atoms with van der Waals surface area (Å²) < 4.78 is 15.9. The van der Waals surface area contributed by atoms with E-state index in [9.17, 15) is 4.79 Å². The molecule has 24 heavy (non-hydrogen) atoms. The third kappa shape index (κ3) is 6.64. The predicted octanol–water partition coefficient (Wildman–Crippen LogP) is 2.28. The molecule has 2 rings (SSSR count). The van der Waals surface area contributed by atoms with Crippen LogP contribution in [0.2, 0.25) is 0 Å². The molecule has 0 amide bonds. The third-order valence-electron chi connectivity index (χ3n) is 3.72. The zero-order valence-electron chi connectivity index (χ0n) is 14.3. The van der Waals surface area contributed by atoms with Gasteiger partial charge in [0.2, 0.25) is 0 Å². The number of anilines is 1. The fraction of sp³-hybridized carbons (Fsp3) is 0.588. The molecule has 1 aliphatic heterocycles. The maximum Gasteiger partial charge on any atom is 0.506 e. The monoisotopic (exact) mass is 338 g/mol. The van der Waals surface area contributed by atoms with Crippen molar-refractivity contribution in [2.24, 2.45) is 0 Å². The molecule has 0 spiro atoms. The zero-order chi connectivity index (χ0) is 17.4. The van der Waals surface area contributed by atoms with Gasteiger partial charge in [-0.05, 0) is 38.1 Å². The molecular formula is C17H26N2O5. The highest BCUT2D eigenvalue weighted by atomic mass is 16.7. The fourth-order valence-electron chi connectivity index (χ4n) is 2.37. The van der Waals surface area contributed by atoms with Crippen LogP contribution < -0.4 is 10.1 Å². The molecule has 1 saturated heterocycles. The molecule has 0 saturated carbocycles. The Morgan fingerprint density at radius 2 is 1.96 bits per heavy atom. The molecule has 0 atom stereocenters. The van der Waals surface area contributed by atoms with Gasteiger partial charge < -0.3 is 24.6 Å². The Bertz CT molecular complexity index is 512. The van der Waals surface area contributed by atoms with Gasteiger partial charge in [-0.1, -0.05) is 0 Å². The molecule has 7 heteroatoms. The molecule has 134 valence electrons. The van der Waals surface area contributed by atoms with Crippen molar-refractivity contribution < 1.29 is 24.1 Å². The van der Waals surface area contributed by atoms with Crippen molar-refractivity contribution in [3.8, 4) is 5.75 Å². The molecule has 1 fully saturated rings. The standard InChI is InChI=1S/C17H26N2O5/c1-17(2,24-16(20)21)13-18-14-3-5-15(6-4-14)23-12-9-19-7-10-22-11-8-19/h3-6,18H,7-13H2,1-2H3,(H,20,21). The third-order valence-corrected chi connectivity index (χ3v) is 3.72. The minimum Gasteiger partial charge on any atom is -0.492 e. The van der Waals surface area contributed by atoms with Crippen molar-refractivity contribution in [2.75, 3.05) is 51.3 Å². The van der Waals surface area contributed by atoms with Gasteiger partial charge in [0.1, 0.15) is 18.0 Å². The van der Waals surface area contributed by atoms with Crippen molar-refractivity contribution >= 4 is 11.8 Å². The van der Waals surface area contributed by atoms with Crippen LogP contribution in [0.15, 0.2) is 24.3 Å². The second kappa shape index (κ2) is 8.75. The van der Waals surface area contributed by atoms with Gasteiger partial charge in [-0.3, -0.25) is 4.90 Å². The van der Waals surface area contributed by atoms with E-state index in [1.54, 1.807) is 13.8 Å². The van der Waals surface area contributed by atoms with Gasteiger partial charge >= 0.3 is 6.16 Å². The lowest BCUT2D eigenvalue weighted by atomic mass is 10.1. The van der Waals surface area contributed by atoms with Crippen molar-refractivity contribution in [3.63, 3.8) is 0 Å². The lowest BCUT2D eigenvalue weighted by molar-refractivity contribution is 0.0116. The highest BCUT2D eigenvalue weighted by molar-refractivity contribution is 5.57. The minimum absolute atomic E-state index is 0.385. The first-order valence-corrected chi connectivity index (χ1v) is 8.13. The van der Waals surface area contributed by atoms with Crippen LogP contribution in [0.25, 0.3) is 0 Å². The molecule has 2 N–H and O–H groups in total. The number of morpholine rings is 1. The number of ether oxygens (including phenoxy) is 3. The summed E-state index contributed by atoms with van der Waals surface area (Å²) in [5.41, 5.74) is 0.0942. The molecule has 7 nitrogen and oxygen atoms in total. The van der Waals surface area contributed by atoms with Crippen LogP contribution in [0.5, 0.6) is 5.75 Å². The summed E-state index contributed by atoms with van der Waals surface area (Å²) in [6, 6.07) is 7.60. The topological polar surface area (TPSA) is 80.3 Å². The van der Waals surface area contributed by atoms with E-state index in [4.69, 9.17) is 19.3 Å². The van der Waals surface area contributed by atoms with Crippen LogP contribution in [0.3, 0.4) is 0 Å². The molecule has 1 aromatic rings. The first-order valence-electron chi connectivity index (χ1n) is 8.13. The first-order chi connectivity index (χ1) is 11.4. The molecule has 0 radical (unpaired) electrons. The normalized spacial score (nSPS) is 15.8. The summed E-state index contributed by atoms with van der Waals surface area (Å²) in [5.74, 6) is 0.815. The summed E-state index contributed by atoms with van der Waals surface area (Å²) in [6.07, 6.45) is -1.27. The van der Waals surface area contributed by atoms with E-state index in [-0.39, 0.29) is 0 Å². The molecule has 1 heterocycles. The average molecular weight is 338 g/mol. The van der Waals surface area contributed by atoms with Gasteiger partial charge in [-0.2, -0.15) is 0 Å². The SMILES string of the molecule is CC(C)(CNc1ccc(OCCN2CCOCC2)cc1)OC(=O)O. The maximum absolute atomic E-state index is 10.6. The number of nitrogens with one attached hydrogen (secondary N) is 1. The lowest BCUT2D eigenvalue weighted by Gasteiger charge is -2.26. The Labute approximate surface area is 142 Å². The largest absolute Gasteiger partial charge is 0.506 e. The fourth-order valence-corrected chi connectivity index (χ4v) is 2.37. The Hall–Kier alpha value is -1.99. The smallest absolute Gasteiger partial charge is 0.492 e. The molecule has 0 bridgehead atoms. The Morgan fingerprint density at radius 3 is 2.58 bits per heavy atom. The van der Waals surface area contributed by atoms with E-state index in [1.165, 1.54) is 0 Å². The quantitative estimate of drug-likeness (QED) is 0.704. The Kier molecular flexibility index (Phi) is 6.69. The highest BCUT2D eigenvalue weighted by Crippen LogP contribution is 2.17. The van der Waals surface area contributed by atoms with Gasteiger partial charge in [0.05, 0.1) is 19.8 Å². The lowest BCUT2D eigenvalue weighted by Crippen LogP contribution is -2.38. The number of hydrogen-bond acceptors (Lipinski definition) is 6. The minimum atomic E-state index is -1.27. The predicted molar refractivity (Wildman–Crippen MR) is 90.9 cm³/mol. The van der Waals surface area contributed by atoms with E-state index in [2.05, 4.69) is 10.2 Å². The van der Waals surface area contributed by atoms with Gasteiger partial charge in [0.25, 0.3) is 0 Å². The van der Waals surface area contributed by atoms with Crippen molar-refractivity contribution in [2.45, 2.75) is 19.4 Å². The van der Waals surface area contributed by atoms with Crippen molar-refractivity contribution in [1.29, 1.82) is 0 Å². The molecule has 1 aliphatic rings. The second-order valence-corrected chi connectivity index (χ2v) is 6.31. The van der Waals surface area contributed by atoms with E-state index < -0.39 is 11.8 Å². The van der Waals surface area contributed by atoms with Crippen LogP contribution in [0.4, 0.5) is 10.5 Å². The van der Waals surface area contributed by atoms with Crippen molar-refractivity contribution in [1.82, 2.24) is 4.90 Å². The Morgan fingerprint density at radius 1 is 1.29 bits per heavy atom. The molecule has 0 unspecified atom stereocenters. The summed E-state index contributed by atoms with van der Waals surface area (Å²) in [7, 11) is 0. The van der Waals surface area contributed by atoms with Gasteiger partial charge in [-0.15, -0.1) is 0 Å². The van der Waals surface area contributed by atoms with E-state index in [0.29, 0.717) is 13.2 Å². The number of benzene rings is 1. The first kappa shape index (κ1) is 18.4. The van der Waals surface area contributed by atoms with Gasteiger partial charge in [0, 0.05) is 25.3 Å². The zero-order valence-corrected chi connectivity index (χ0v) is 14.3. The Balaban J connectivity index is 1.71. The second-order valence-electron chi connectivity index (χ2n) is 6.31. The maximum atomic E-state index is 10.6. The van der Waals surface area contributed by atoms with E-state index in [1.807, 2.05) is 24.3 Å². The van der Waals surface area contributed by atoms with Gasteiger partial charge in [-0.25, -0.2) is 4.79 Å².